The van der Waals surface area contributed by atoms with E-state index in [0.717, 1.165) is 0 Å². The van der Waals surface area contributed by atoms with Crippen LogP contribution < -0.4 is 0 Å². The van der Waals surface area contributed by atoms with E-state index in [9.17, 15) is 9.13 Å². The molecule has 0 bridgehead atoms. The van der Waals surface area contributed by atoms with Gasteiger partial charge in [-0.3, -0.25) is 18.2 Å². The van der Waals surface area contributed by atoms with E-state index in [4.69, 9.17) is 5.11 Å². The van der Waals surface area contributed by atoms with Gasteiger partial charge in [0.05, 0.1) is 0 Å². The maximum Gasteiger partial charge on any atom is 0.330 e. The molecular weight excluding hydrogens is 268 g/mol. The van der Waals surface area contributed by atoms with Crippen molar-refractivity contribution in [2.45, 2.75) is 6.48 Å². The van der Waals surface area contributed by atoms with E-state index in [0.29, 0.717) is 0 Å². The third kappa shape index (κ3) is 3.37. The normalized spacial score (nSPS) is 40.3. The van der Waals surface area contributed by atoms with Gasteiger partial charge in [0.1, 0.15) is 0 Å². The Bertz CT molecular complexity index is 142. The summed E-state index contributed by atoms with van der Waals surface area (Å²) in [7, 11) is -5.57. The predicted octanol–water partition coefficient (Wildman–Crippen LogP) is 0.103. The molecule has 1 N–H and O–H groups in total. The first kappa shape index (κ1) is 10.9. The monoisotopic (exact) mass is 271 g/mol. The summed E-state index contributed by atoms with van der Waals surface area (Å²) in [6.07, 6.45) is 0. The fourth-order valence-corrected chi connectivity index (χ4v) is 1.76. The molecule has 0 aromatic rings. The summed E-state index contributed by atoms with van der Waals surface area (Å²) in [5.74, 6) is 0. The summed E-state index contributed by atoms with van der Waals surface area (Å²) in [6.45, 7) is -1.67. The fraction of sp³-hybridized carbons (Fsp3) is 1.00. The van der Waals surface area contributed by atoms with Crippen LogP contribution in [0, 0.1) is 0 Å². The van der Waals surface area contributed by atoms with Crippen LogP contribution in [0.5, 0.6) is 0 Å². The summed E-state index contributed by atoms with van der Waals surface area (Å²) in [5.41, 5.74) is 0. The number of hydrogen-bond acceptors (Lipinski definition) is 6. The van der Waals surface area contributed by atoms with Crippen LogP contribution in [0.2, 0.25) is 0 Å². The van der Waals surface area contributed by atoms with Crippen molar-refractivity contribution in [3.8, 4) is 0 Å². The van der Waals surface area contributed by atoms with Crippen molar-refractivity contribution < 1.29 is 47.7 Å². The predicted molar refractivity (Wildman–Crippen MR) is 27.3 cm³/mol. The second-order valence-corrected chi connectivity index (χ2v) is 3.43. The maximum atomic E-state index is 10.2. The van der Waals surface area contributed by atoms with E-state index < -0.39 is 23.0 Å². The second kappa shape index (κ2) is 4.75. The Morgan fingerprint density at radius 3 is 1.90 bits per heavy atom. The van der Waals surface area contributed by atoms with Crippen LogP contribution >= 0.6 is 16.5 Å². The van der Waals surface area contributed by atoms with Crippen molar-refractivity contribution in [1.82, 2.24) is 0 Å². The van der Waals surface area contributed by atoms with Crippen molar-refractivity contribution in [3.63, 3.8) is 0 Å². The molecule has 6 nitrogen and oxygen atoms in total. The van der Waals surface area contributed by atoms with Crippen molar-refractivity contribution in [2.75, 3.05) is 0 Å². The summed E-state index contributed by atoms with van der Waals surface area (Å²) < 4.78 is 32.5. The van der Waals surface area contributed by atoms with Crippen molar-refractivity contribution >= 4 is 16.5 Å². The minimum atomic E-state index is -2.78. The molecule has 0 aromatic heterocycles. The first-order valence-electron chi connectivity index (χ1n) is 1.95. The Morgan fingerprint density at radius 2 is 1.60 bits per heavy atom. The van der Waals surface area contributed by atoms with Crippen LogP contribution in [0.1, 0.15) is 0 Å². The van der Waals surface area contributed by atoms with Crippen LogP contribution in [0.25, 0.3) is 0 Å². The van der Waals surface area contributed by atoms with Crippen LogP contribution in [-0.4, -0.2) is 11.6 Å². The molecule has 1 aliphatic rings. The molecular formula is CH4O6P2Tc. The number of aliphatic hydroxyl groups is 1. The van der Waals surface area contributed by atoms with Crippen LogP contribution in [0.4, 0.5) is 0 Å². The third-order valence-electron chi connectivity index (χ3n) is 0.561. The van der Waals surface area contributed by atoms with Gasteiger partial charge in [-0.25, -0.2) is 4.31 Å². The Labute approximate surface area is 71.1 Å². The summed E-state index contributed by atoms with van der Waals surface area (Å²) >= 11 is 0. The Hall–Kier alpha value is 0.949. The van der Waals surface area contributed by atoms with Gasteiger partial charge in [0, 0.05) is 20.1 Å². The molecule has 1 heterocycles. The van der Waals surface area contributed by atoms with Gasteiger partial charge in [0.25, 0.3) is 6.48 Å². The summed E-state index contributed by atoms with van der Waals surface area (Å²) in [4.78, 5) is 0. The van der Waals surface area contributed by atoms with Crippen molar-refractivity contribution in [3.05, 3.63) is 0 Å². The Morgan fingerprint density at radius 1 is 1.20 bits per heavy atom. The first-order valence-corrected chi connectivity index (χ1v) is 4.40. The topological polar surface area (TPSA) is 82.1 Å². The molecule has 1 aliphatic heterocycles. The van der Waals surface area contributed by atoms with Gasteiger partial charge >= 0.3 is 16.5 Å². The molecule has 1 fully saturated rings. The van der Waals surface area contributed by atoms with Crippen molar-refractivity contribution in [1.29, 1.82) is 0 Å². The van der Waals surface area contributed by atoms with Gasteiger partial charge in [0.2, 0.25) is 0 Å². The molecule has 10 heavy (non-hydrogen) atoms. The fourth-order valence-electron chi connectivity index (χ4n) is 0.305. The first-order chi connectivity index (χ1) is 4.18. The van der Waals surface area contributed by atoms with E-state index in [1.807, 2.05) is 0 Å². The molecule has 0 aliphatic carbocycles. The number of aliphatic hydroxyl groups excluding tert-OH is 1. The molecule has 1 radical (unpaired) electrons. The molecule has 0 saturated carbocycles. The molecule has 2 unspecified atom stereocenters. The second-order valence-electron chi connectivity index (χ2n) is 1.14. The minimum absolute atomic E-state index is 0. The molecule has 2 atom stereocenters. The SMILES string of the molecule is O=[PH]1OC(O)O[PH](=O)O1.[Tc]. The zero-order chi connectivity index (χ0) is 6.85. The smallest absolute Gasteiger partial charge is 0.330 e. The van der Waals surface area contributed by atoms with Crippen LogP contribution in [0.3, 0.4) is 0 Å². The van der Waals surface area contributed by atoms with E-state index >= 15 is 0 Å². The minimum Gasteiger partial charge on any atom is -0.345 e. The van der Waals surface area contributed by atoms with E-state index in [-0.39, 0.29) is 20.1 Å². The average Bonchev–Trinajstić information content (AvgIpc) is 1.59. The summed E-state index contributed by atoms with van der Waals surface area (Å²) in [6, 6.07) is 0. The van der Waals surface area contributed by atoms with E-state index in [2.05, 4.69) is 13.4 Å². The molecule has 0 spiro atoms. The van der Waals surface area contributed by atoms with Gasteiger partial charge in [0.15, 0.2) is 0 Å². The quantitative estimate of drug-likeness (QED) is 0.630. The zero-order valence-electron chi connectivity index (χ0n) is 4.44. The molecule has 0 aromatic carbocycles. The van der Waals surface area contributed by atoms with Gasteiger partial charge in [-0.05, 0) is 0 Å². The van der Waals surface area contributed by atoms with E-state index in [1.54, 1.807) is 0 Å². The molecule has 61 valence electrons. The van der Waals surface area contributed by atoms with Gasteiger partial charge in [-0.15, -0.1) is 0 Å². The van der Waals surface area contributed by atoms with Crippen LogP contribution in [-0.2, 0) is 42.6 Å². The molecule has 9 heteroatoms. The standard InChI is InChI=1S/CH4O6P2.Tc/c2-1-5-8(3)7-9(4)6-1;/h1-2,8-9H;. The van der Waals surface area contributed by atoms with Gasteiger partial charge < -0.3 is 5.11 Å². The molecule has 0 amide bonds. The maximum absolute atomic E-state index is 10.2. The third-order valence-corrected chi connectivity index (χ3v) is 2.68. The van der Waals surface area contributed by atoms with Crippen molar-refractivity contribution in [2.24, 2.45) is 0 Å². The largest absolute Gasteiger partial charge is 0.345 e. The molecule has 1 rings (SSSR count). The number of rotatable bonds is 0. The van der Waals surface area contributed by atoms with Gasteiger partial charge in [-0.1, -0.05) is 0 Å². The summed E-state index contributed by atoms with van der Waals surface area (Å²) in [5, 5.41) is 8.38. The average molecular weight is 272 g/mol. The Kier molecular flexibility index (Phi) is 5.20. The van der Waals surface area contributed by atoms with E-state index in [1.165, 1.54) is 0 Å². The molecule has 1 saturated heterocycles. The van der Waals surface area contributed by atoms with Crippen LogP contribution in [0.15, 0.2) is 0 Å². The van der Waals surface area contributed by atoms with Gasteiger partial charge in [-0.2, -0.15) is 0 Å². The Balaban J connectivity index is 0.000000810. The number of hydrogen-bond donors (Lipinski definition) is 1. The zero-order valence-corrected chi connectivity index (χ0v) is 8.30.